The largest absolute Gasteiger partial charge is 0.456 e. The lowest BCUT2D eigenvalue weighted by Gasteiger charge is -2.13. The van der Waals surface area contributed by atoms with Gasteiger partial charge in [0.05, 0.1) is 15.1 Å². The molecule has 0 aliphatic heterocycles. The highest BCUT2D eigenvalue weighted by Gasteiger charge is 2.13. The van der Waals surface area contributed by atoms with E-state index in [9.17, 15) is 4.11 Å². The fourth-order valence-corrected chi connectivity index (χ4v) is 6.04. The lowest BCUT2D eigenvalue weighted by molar-refractivity contribution is 0.669. The molecule has 0 saturated carbocycles. The van der Waals surface area contributed by atoms with Gasteiger partial charge in [-0.05, 0) is 96.0 Å². The molecule has 9 aromatic rings. The lowest BCUT2D eigenvalue weighted by Crippen LogP contribution is -1.86. The van der Waals surface area contributed by atoms with Gasteiger partial charge >= 0.3 is 0 Å². The number of para-hydroxylation sites is 1. The van der Waals surface area contributed by atoms with Gasteiger partial charge in [-0.25, -0.2) is 0 Å². The Hall–Kier alpha value is -5.66. The molecule has 8 aromatic carbocycles. The van der Waals surface area contributed by atoms with Crippen molar-refractivity contribution < 1.29 is 19.5 Å². The van der Waals surface area contributed by atoms with Crippen LogP contribution in [0.1, 0.15) is 15.1 Å². The summed E-state index contributed by atoms with van der Waals surface area (Å²) in [4.78, 5) is 0. The van der Waals surface area contributed by atoms with Gasteiger partial charge in [-0.1, -0.05) is 127 Å². The van der Waals surface area contributed by atoms with Crippen LogP contribution in [0.25, 0.3) is 87.6 Å². The van der Waals surface area contributed by atoms with Crippen molar-refractivity contribution in [2.24, 2.45) is 0 Å². The molecule has 0 atom stereocenters. The van der Waals surface area contributed by atoms with Crippen molar-refractivity contribution >= 4 is 54.3 Å². The maximum atomic E-state index is 9.58. The second-order valence-corrected chi connectivity index (χ2v) is 10.4. The summed E-state index contributed by atoms with van der Waals surface area (Å²) >= 11 is 0. The van der Waals surface area contributed by atoms with E-state index in [1.165, 1.54) is 0 Å². The minimum Gasteiger partial charge on any atom is -0.456 e. The number of hydrogen-bond acceptors (Lipinski definition) is 1. The Morgan fingerprint density at radius 3 is 1.65 bits per heavy atom. The highest BCUT2D eigenvalue weighted by Crippen LogP contribution is 2.39. The monoisotopic (exact) mass is 557 g/mol. The Morgan fingerprint density at radius 2 is 0.930 bits per heavy atom. The SMILES string of the molecule is [2H]c1c([2H])c([2H])c2c(c1[2H])c1c([2H])c([2H])c([2H])c([2H])c1c1c([2H])c(-c3cccc(-c4cccc(-c5cccc6oc7ccccc7c56)c4)c3)c([2H])c([2H])c21. The van der Waals surface area contributed by atoms with Crippen LogP contribution in [0.4, 0.5) is 0 Å². The van der Waals surface area contributed by atoms with E-state index in [0.717, 1.165) is 44.2 Å². The molecule has 0 spiro atoms. The van der Waals surface area contributed by atoms with Crippen molar-refractivity contribution in [3.05, 3.63) is 157 Å². The first-order valence-corrected chi connectivity index (χ1v) is 13.9. The number of benzene rings is 8. The minimum absolute atomic E-state index is 0.0500. The van der Waals surface area contributed by atoms with E-state index < -0.39 is 54.4 Å². The zero-order valence-electron chi connectivity index (χ0n) is 33.6. The van der Waals surface area contributed by atoms with Gasteiger partial charge < -0.3 is 4.42 Å². The van der Waals surface area contributed by atoms with Crippen LogP contribution in [0.2, 0.25) is 0 Å². The first-order valence-electron chi connectivity index (χ1n) is 19.4. The molecule has 0 aliphatic rings. The first-order chi connectivity index (χ1) is 25.9. The van der Waals surface area contributed by atoms with Gasteiger partial charge in [-0.2, -0.15) is 0 Å². The van der Waals surface area contributed by atoms with Crippen molar-refractivity contribution in [3.63, 3.8) is 0 Å². The van der Waals surface area contributed by atoms with E-state index in [0.29, 0.717) is 5.56 Å². The molecule has 0 N–H and O–H groups in total. The van der Waals surface area contributed by atoms with Gasteiger partial charge in [0.1, 0.15) is 11.2 Å². The third kappa shape index (κ3) is 3.79. The zero-order valence-corrected chi connectivity index (χ0v) is 22.6. The van der Waals surface area contributed by atoms with Crippen LogP contribution in [0.3, 0.4) is 0 Å². The average Bonchev–Trinajstić information content (AvgIpc) is 3.58. The van der Waals surface area contributed by atoms with Crippen molar-refractivity contribution in [2.75, 3.05) is 0 Å². The van der Waals surface area contributed by atoms with Crippen LogP contribution in [0, 0.1) is 0 Å². The number of furan rings is 1. The molecule has 0 amide bonds. The van der Waals surface area contributed by atoms with E-state index in [1.54, 1.807) is 12.1 Å². The summed E-state index contributed by atoms with van der Waals surface area (Å²) in [6.07, 6.45) is 0. The van der Waals surface area contributed by atoms with E-state index in [4.69, 9.17) is 15.4 Å². The molecule has 1 nitrogen and oxygen atoms in total. The molecule has 0 unspecified atom stereocenters. The van der Waals surface area contributed by atoms with Crippen LogP contribution in [0.5, 0.6) is 0 Å². The second kappa shape index (κ2) is 9.44. The predicted molar refractivity (Wildman–Crippen MR) is 183 cm³/mol. The zero-order chi connectivity index (χ0) is 37.9. The molecule has 1 heterocycles. The molecule has 0 bridgehead atoms. The molecule has 200 valence electrons. The van der Waals surface area contributed by atoms with E-state index >= 15 is 0 Å². The Bertz CT molecular complexity index is 3090. The molecular weight excluding hydrogens is 520 g/mol. The van der Waals surface area contributed by atoms with Gasteiger partial charge in [-0.15, -0.1) is 0 Å². The highest BCUT2D eigenvalue weighted by molar-refractivity contribution is 6.25. The van der Waals surface area contributed by atoms with Crippen LogP contribution >= 0.6 is 0 Å². The summed E-state index contributed by atoms with van der Waals surface area (Å²) in [5.41, 5.74) is 5.61. The van der Waals surface area contributed by atoms with Crippen LogP contribution in [0.15, 0.2) is 162 Å². The summed E-state index contributed by atoms with van der Waals surface area (Å²) in [6.45, 7) is 0. The molecular formula is C42H26O. The fourth-order valence-electron chi connectivity index (χ4n) is 6.04. The van der Waals surface area contributed by atoms with E-state index in [2.05, 4.69) is 6.07 Å². The quantitative estimate of drug-likeness (QED) is 0.197. The van der Waals surface area contributed by atoms with Crippen molar-refractivity contribution in [1.29, 1.82) is 0 Å². The molecule has 0 fully saturated rings. The average molecular weight is 558 g/mol. The molecule has 0 radical (unpaired) electrons. The van der Waals surface area contributed by atoms with Gasteiger partial charge in [-0.3, -0.25) is 0 Å². The summed E-state index contributed by atoms with van der Waals surface area (Å²) in [5, 5.41) is 1.12. The molecule has 0 aliphatic carbocycles. The Morgan fingerprint density at radius 1 is 0.395 bits per heavy atom. The Labute approximate surface area is 264 Å². The smallest absolute Gasteiger partial charge is 0.136 e. The normalized spacial score (nSPS) is 15.3. The van der Waals surface area contributed by atoms with Crippen molar-refractivity contribution in [3.8, 4) is 33.4 Å². The number of fused-ring (bicyclic) bond motifs is 9. The molecule has 43 heavy (non-hydrogen) atoms. The Kier molecular flexibility index (Phi) is 3.41. The number of hydrogen-bond donors (Lipinski definition) is 0. The van der Waals surface area contributed by atoms with Crippen molar-refractivity contribution in [2.45, 2.75) is 0 Å². The van der Waals surface area contributed by atoms with E-state index in [1.807, 2.05) is 72.8 Å². The predicted octanol–water partition coefficient (Wildman–Crippen LogP) is 12.0. The topological polar surface area (TPSA) is 13.1 Å². The molecule has 1 heteroatoms. The Balaban J connectivity index is 1.31. The summed E-state index contributed by atoms with van der Waals surface area (Å²) in [5.74, 6) is 0. The summed E-state index contributed by atoms with van der Waals surface area (Å²) < 4.78 is 103. The van der Waals surface area contributed by atoms with Crippen molar-refractivity contribution in [1.82, 2.24) is 0 Å². The van der Waals surface area contributed by atoms with Gasteiger partial charge in [0.2, 0.25) is 0 Å². The van der Waals surface area contributed by atoms with E-state index in [-0.39, 0.29) is 50.0 Å². The summed E-state index contributed by atoms with van der Waals surface area (Å²) in [7, 11) is 0. The first kappa shape index (κ1) is 15.5. The van der Waals surface area contributed by atoms with Gasteiger partial charge in [0.15, 0.2) is 0 Å². The third-order valence-corrected chi connectivity index (χ3v) is 8.00. The maximum absolute atomic E-state index is 9.58. The third-order valence-electron chi connectivity index (χ3n) is 8.00. The maximum Gasteiger partial charge on any atom is 0.136 e. The fraction of sp³-hybridized carbons (Fsp3) is 0. The van der Waals surface area contributed by atoms with Crippen LogP contribution < -0.4 is 0 Å². The lowest BCUT2D eigenvalue weighted by atomic mass is 9.91. The molecule has 9 rings (SSSR count). The summed E-state index contributed by atoms with van der Waals surface area (Å²) in [6, 6.07) is 23.5. The van der Waals surface area contributed by atoms with Gasteiger partial charge in [0.25, 0.3) is 0 Å². The second-order valence-electron chi connectivity index (χ2n) is 10.4. The number of rotatable bonds is 3. The minimum atomic E-state index is -0.600. The van der Waals surface area contributed by atoms with Crippen LogP contribution in [-0.4, -0.2) is 0 Å². The highest BCUT2D eigenvalue weighted by atomic mass is 16.3. The molecule has 0 saturated heterocycles. The van der Waals surface area contributed by atoms with Crippen LogP contribution in [-0.2, 0) is 0 Å². The molecule has 1 aromatic heterocycles. The van der Waals surface area contributed by atoms with Gasteiger partial charge in [0, 0.05) is 10.8 Å². The standard InChI is InChI=1S/C42H26O/c1-2-16-35-33(14-1)34-15-3-4-17-36(34)39-26-30(22-23-37(35)39)28-11-7-10-27(24-28)29-12-8-13-31(25-29)32-19-9-21-41-42(32)38-18-5-6-20-40(38)43-41/h1-26H/i1D,2D,3D,4D,14D,15D,16D,17D,22D,23D,26D.